The molecule has 0 aromatic heterocycles. The molecule has 0 aromatic rings. The van der Waals surface area contributed by atoms with Crippen LogP contribution in [0.2, 0.25) is 0 Å². The van der Waals surface area contributed by atoms with Crippen molar-refractivity contribution in [2.45, 2.75) is 58.2 Å². The molecule has 1 aliphatic carbocycles. The van der Waals surface area contributed by atoms with Crippen LogP contribution in [0.1, 0.15) is 47.0 Å². The largest absolute Gasteiger partial charge is 0.395 e. The third kappa shape index (κ3) is 4.21. The zero-order valence-corrected chi connectivity index (χ0v) is 12.8. The Balaban J connectivity index is 2.87. The van der Waals surface area contributed by atoms with Crippen LogP contribution in [0, 0.1) is 11.8 Å². The van der Waals surface area contributed by atoms with E-state index in [-0.39, 0.29) is 12.6 Å². The van der Waals surface area contributed by atoms with Crippen LogP contribution in [0.25, 0.3) is 0 Å². The van der Waals surface area contributed by atoms with E-state index in [1.807, 2.05) is 0 Å². The van der Waals surface area contributed by atoms with Crippen LogP contribution in [-0.4, -0.2) is 42.3 Å². The molecular weight excluding hydrogens is 250 g/mol. The Bertz CT molecular complexity index is 347. The summed E-state index contributed by atoms with van der Waals surface area (Å²) >= 11 is 0. The van der Waals surface area contributed by atoms with Gasteiger partial charge in [0.25, 0.3) is 0 Å². The van der Waals surface area contributed by atoms with E-state index in [1.165, 1.54) is 0 Å². The summed E-state index contributed by atoms with van der Waals surface area (Å²) in [6.45, 7) is 8.02. The van der Waals surface area contributed by atoms with Crippen LogP contribution in [-0.2, 0) is 10.0 Å². The minimum atomic E-state index is -3.28. The second-order valence-corrected chi connectivity index (χ2v) is 8.51. The van der Waals surface area contributed by atoms with Gasteiger partial charge >= 0.3 is 0 Å². The molecule has 0 amide bonds. The second-order valence-electron chi connectivity index (χ2n) is 6.07. The third-order valence-corrected chi connectivity index (χ3v) is 5.71. The van der Waals surface area contributed by atoms with E-state index in [0.29, 0.717) is 18.4 Å². The Morgan fingerprint density at radius 2 is 1.78 bits per heavy atom. The maximum Gasteiger partial charge on any atom is 0.216 e. The molecule has 0 aliphatic heterocycles. The Labute approximate surface area is 111 Å². The number of aliphatic hydroxyl groups excluding tert-OH is 1. The average molecular weight is 277 g/mol. The summed E-state index contributed by atoms with van der Waals surface area (Å²) in [6, 6.07) is -0.266. The van der Waals surface area contributed by atoms with Gasteiger partial charge in [0.15, 0.2) is 0 Å². The highest BCUT2D eigenvalue weighted by molar-refractivity contribution is 7.89. The predicted octanol–water partition coefficient (Wildman–Crippen LogP) is 1.84. The molecule has 1 aliphatic rings. The number of hydrogen-bond acceptors (Lipinski definition) is 3. The standard InChI is InChI=1S/C13H27NO3S/c1-10(2)7-13(9-15)14(8-12-5-6-12)18(16,17)11(3)4/h10-13,15H,5-9H2,1-4H3/t13-/m1/s1. The van der Waals surface area contributed by atoms with Gasteiger partial charge in [-0.05, 0) is 44.9 Å². The van der Waals surface area contributed by atoms with E-state index in [9.17, 15) is 13.5 Å². The summed E-state index contributed by atoms with van der Waals surface area (Å²) in [7, 11) is -3.28. The molecule has 0 spiro atoms. The molecule has 0 aromatic carbocycles. The Hall–Kier alpha value is -0.130. The highest BCUT2D eigenvalue weighted by atomic mass is 32.2. The highest BCUT2D eigenvalue weighted by Gasteiger charge is 2.36. The summed E-state index contributed by atoms with van der Waals surface area (Å²) in [5.41, 5.74) is 0. The van der Waals surface area contributed by atoms with Crippen molar-refractivity contribution >= 4 is 10.0 Å². The Morgan fingerprint density at radius 1 is 1.22 bits per heavy atom. The Morgan fingerprint density at radius 3 is 2.11 bits per heavy atom. The predicted molar refractivity (Wildman–Crippen MR) is 73.8 cm³/mol. The molecule has 1 saturated carbocycles. The SMILES string of the molecule is CC(C)C[C@H](CO)N(CC1CC1)S(=O)(=O)C(C)C. The minimum absolute atomic E-state index is 0.0865. The van der Waals surface area contributed by atoms with E-state index in [0.717, 1.165) is 19.3 Å². The lowest BCUT2D eigenvalue weighted by Crippen LogP contribution is -2.47. The lowest BCUT2D eigenvalue weighted by molar-refractivity contribution is 0.164. The van der Waals surface area contributed by atoms with Gasteiger partial charge in [0.2, 0.25) is 10.0 Å². The topological polar surface area (TPSA) is 57.6 Å². The van der Waals surface area contributed by atoms with Crippen LogP contribution < -0.4 is 0 Å². The average Bonchev–Trinajstić information content (AvgIpc) is 3.06. The summed E-state index contributed by atoms with van der Waals surface area (Å²) in [5, 5.41) is 9.10. The number of nitrogens with zero attached hydrogens (tertiary/aromatic N) is 1. The van der Waals surface area contributed by atoms with Gasteiger partial charge in [0, 0.05) is 12.6 Å². The maximum absolute atomic E-state index is 12.4. The molecular formula is C13H27NO3S. The smallest absolute Gasteiger partial charge is 0.216 e. The fourth-order valence-corrected chi connectivity index (χ4v) is 3.64. The van der Waals surface area contributed by atoms with Crippen LogP contribution in [0.3, 0.4) is 0 Å². The van der Waals surface area contributed by atoms with Crippen molar-refractivity contribution in [1.29, 1.82) is 0 Å². The number of rotatable bonds is 8. The van der Waals surface area contributed by atoms with Crippen molar-refractivity contribution in [2.24, 2.45) is 11.8 Å². The first-order valence-electron chi connectivity index (χ1n) is 6.90. The van der Waals surface area contributed by atoms with Gasteiger partial charge < -0.3 is 5.11 Å². The lowest BCUT2D eigenvalue weighted by atomic mass is 10.0. The second kappa shape index (κ2) is 6.35. The summed E-state index contributed by atoms with van der Waals surface area (Å²) in [4.78, 5) is 0. The summed E-state index contributed by atoms with van der Waals surface area (Å²) in [6.07, 6.45) is 2.95. The zero-order valence-electron chi connectivity index (χ0n) is 12.0. The van der Waals surface area contributed by atoms with Crippen molar-refractivity contribution in [3.8, 4) is 0 Å². The minimum Gasteiger partial charge on any atom is -0.395 e. The van der Waals surface area contributed by atoms with Crippen molar-refractivity contribution in [3.63, 3.8) is 0 Å². The molecule has 0 heterocycles. The molecule has 0 radical (unpaired) electrons. The van der Waals surface area contributed by atoms with Gasteiger partial charge in [-0.3, -0.25) is 0 Å². The van der Waals surface area contributed by atoms with Crippen molar-refractivity contribution in [3.05, 3.63) is 0 Å². The summed E-state index contributed by atoms with van der Waals surface area (Å²) in [5.74, 6) is 0.881. The molecule has 1 N–H and O–H groups in total. The van der Waals surface area contributed by atoms with Crippen LogP contribution in [0.4, 0.5) is 0 Å². The van der Waals surface area contributed by atoms with Crippen LogP contribution >= 0.6 is 0 Å². The Kier molecular flexibility index (Phi) is 5.62. The van der Waals surface area contributed by atoms with Gasteiger partial charge in [0.1, 0.15) is 0 Å². The fraction of sp³-hybridized carbons (Fsp3) is 1.00. The molecule has 1 fully saturated rings. The van der Waals surface area contributed by atoms with E-state index in [1.54, 1.807) is 18.2 Å². The van der Waals surface area contributed by atoms with E-state index < -0.39 is 15.3 Å². The first-order valence-corrected chi connectivity index (χ1v) is 8.40. The normalized spacial score (nSPS) is 18.9. The quantitative estimate of drug-likeness (QED) is 0.736. The van der Waals surface area contributed by atoms with E-state index >= 15 is 0 Å². The van der Waals surface area contributed by atoms with Gasteiger partial charge in [-0.15, -0.1) is 0 Å². The van der Waals surface area contributed by atoms with Gasteiger partial charge in [-0.25, -0.2) is 8.42 Å². The molecule has 1 atom stereocenters. The lowest BCUT2D eigenvalue weighted by Gasteiger charge is -2.32. The zero-order chi connectivity index (χ0) is 13.9. The van der Waals surface area contributed by atoms with Crippen molar-refractivity contribution in [1.82, 2.24) is 4.31 Å². The van der Waals surface area contributed by atoms with Gasteiger partial charge in [0.05, 0.1) is 11.9 Å². The third-order valence-electron chi connectivity index (χ3n) is 3.42. The van der Waals surface area contributed by atoms with Crippen molar-refractivity contribution < 1.29 is 13.5 Å². The fourth-order valence-electron chi connectivity index (χ4n) is 2.11. The van der Waals surface area contributed by atoms with E-state index in [4.69, 9.17) is 0 Å². The monoisotopic (exact) mass is 277 g/mol. The molecule has 4 nitrogen and oxygen atoms in total. The first kappa shape index (κ1) is 15.9. The number of sulfonamides is 1. The van der Waals surface area contributed by atoms with Gasteiger partial charge in [-0.2, -0.15) is 4.31 Å². The molecule has 0 bridgehead atoms. The first-order chi connectivity index (χ1) is 8.28. The van der Waals surface area contributed by atoms with Crippen molar-refractivity contribution in [2.75, 3.05) is 13.2 Å². The molecule has 5 heteroatoms. The molecule has 0 saturated heterocycles. The molecule has 1 rings (SSSR count). The number of hydrogen-bond donors (Lipinski definition) is 1. The molecule has 0 unspecified atom stereocenters. The van der Waals surface area contributed by atoms with Crippen LogP contribution in [0.15, 0.2) is 0 Å². The maximum atomic E-state index is 12.4. The number of aliphatic hydroxyl groups is 1. The summed E-state index contributed by atoms with van der Waals surface area (Å²) < 4.78 is 26.3. The molecule has 108 valence electrons. The van der Waals surface area contributed by atoms with Gasteiger partial charge in [-0.1, -0.05) is 13.8 Å². The van der Waals surface area contributed by atoms with E-state index in [2.05, 4.69) is 13.8 Å². The highest BCUT2D eigenvalue weighted by Crippen LogP contribution is 2.32. The van der Waals surface area contributed by atoms with Crippen LogP contribution in [0.5, 0.6) is 0 Å². The molecule has 18 heavy (non-hydrogen) atoms.